The van der Waals surface area contributed by atoms with Gasteiger partial charge in [-0.3, -0.25) is 9.59 Å². The molecule has 5 rings (SSSR count). The van der Waals surface area contributed by atoms with Gasteiger partial charge >= 0.3 is 0 Å². The first-order valence-corrected chi connectivity index (χ1v) is 12.6. The third-order valence-corrected chi connectivity index (χ3v) is 7.87. The molecular weight excluding hydrogens is 440 g/mol. The maximum absolute atomic E-state index is 13.8. The summed E-state index contributed by atoms with van der Waals surface area (Å²) >= 11 is 7.47. The van der Waals surface area contributed by atoms with Gasteiger partial charge in [0.1, 0.15) is 5.01 Å². The number of aromatic nitrogens is 2. The van der Waals surface area contributed by atoms with Crippen molar-refractivity contribution in [2.75, 3.05) is 0 Å². The van der Waals surface area contributed by atoms with E-state index in [1.807, 2.05) is 40.3 Å². The molecular formula is C26H27ClN2O2S. The second kappa shape index (κ2) is 8.27. The zero-order chi connectivity index (χ0) is 22.5. The Morgan fingerprint density at radius 1 is 1.03 bits per heavy atom. The van der Waals surface area contributed by atoms with Crippen molar-refractivity contribution in [1.82, 2.24) is 9.55 Å². The molecule has 4 nitrogen and oxygen atoms in total. The van der Waals surface area contributed by atoms with Gasteiger partial charge in [-0.1, -0.05) is 56.8 Å². The molecule has 166 valence electrons. The summed E-state index contributed by atoms with van der Waals surface area (Å²) in [4.78, 5) is 31.8. The van der Waals surface area contributed by atoms with Crippen molar-refractivity contribution in [1.29, 1.82) is 0 Å². The molecule has 1 saturated carbocycles. The van der Waals surface area contributed by atoms with Crippen LogP contribution < -0.4 is 5.56 Å². The smallest absolute Gasteiger partial charge is 0.261 e. The summed E-state index contributed by atoms with van der Waals surface area (Å²) in [6.07, 6.45) is 6.74. The van der Waals surface area contributed by atoms with E-state index < -0.39 is 0 Å². The fourth-order valence-electron chi connectivity index (χ4n) is 5.17. The molecule has 32 heavy (non-hydrogen) atoms. The van der Waals surface area contributed by atoms with Gasteiger partial charge in [0.25, 0.3) is 5.56 Å². The van der Waals surface area contributed by atoms with E-state index in [-0.39, 0.29) is 22.8 Å². The van der Waals surface area contributed by atoms with Gasteiger partial charge < -0.3 is 4.57 Å². The molecule has 1 aromatic carbocycles. The van der Waals surface area contributed by atoms with Gasteiger partial charge in [0.15, 0.2) is 5.78 Å². The first-order valence-electron chi connectivity index (χ1n) is 11.4. The normalized spacial score (nSPS) is 18.5. The summed E-state index contributed by atoms with van der Waals surface area (Å²) in [5.41, 5.74) is 3.84. The molecule has 0 radical (unpaired) electrons. The van der Waals surface area contributed by atoms with Crippen LogP contribution in [0.1, 0.15) is 74.5 Å². The number of thiazole rings is 1. The molecule has 0 atom stereocenters. The van der Waals surface area contributed by atoms with Crippen molar-refractivity contribution >= 4 is 28.7 Å². The third kappa shape index (κ3) is 3.97. The minimum absolute atomic E-state index is 0.00171. The molecule has 0 saturated heterocycles. The van der Waals surface area contributed by atoms with E-state index in [0.717, 1.165) is 49.1 Å². The Kier molecular flexibility index (Phi) is 5.58. The van der Waals surface area contributed by atoms with Gasteiger partial charge in [0, 0.05) is 39.7 Å². The largest absolute Gasteiger partial charge is 0.308 e. The number of pyridine rings is 1. The van der Waals surface area contributed by atoms with Gasteiger partial charge in [0.2, 0.25) is 0 Å². The Morgan fingerprint density at radius 3 is 2.47 bits per heavy atom. The fraction of sp³-hybridized carbons (Fsp3) is 0.423. The number of fused-ring (bicyclic) bond motifs is 1. The maximum atomic E-state index is 13.8. The molecule has 0 aliphatic heterocycles. The number of nitrogens with zero attached hydrogens (tertiary/aromatic N) is 2. The van der Waals surface area contributed by atoms with Crippen LogP contribution in [-0.4, -0.2) is 15.3 Å². The Balaban J connectivity index is 1.65. The zero-order valence-corrected chi connectivity index (χ0v) is 20.1. The van der Waals surface area contributed by atoms with Crippen molar-refractivity contribution in [2.24, 2.45) is 5.41 Å². The Morgan fingerprint density at radius 2 is 1.75 bits per heavy atom. The highest BCUT2D eigenvalue weighted by Crippen LogP contribution is 2.39. The standard InChI is InChI=1S/C26H27ClN2O2S/c1-26(2)13-22-19(23(30)14-26)12-20(25(31)29(22)18-6-4-3-5-7-18)24-28-21(15-32-24)16-8-10-17(27)11-9-16/h8-12,15,18H,3-7,13-14H2,1-2H3. The number of rotatable bonds is 3. The van der Waals surface area contributed by atoms with E-state index in [1.165, 1.54) is 17.8 Å². The van der Waals surface area contributed by atoms with Crippen LogP contribution in [0.4, 0.5) is 0 Å². The van der Waals surface area contributed by atoms with Crippen molar-refractivity contribution in [3.63, 3.8) is 0 Å². The Labute approximate surface area is 197 Å². The van der Waals surface area contributed by atoms with E-state index in [2.05, 4.69) is 13.8 Å². The maximum Gasteiger partial charge on any atom is 0.261 e. The Bertz CT molecular complexity index is 1230. The second-order valence-electron chi connectivity index (χ2n) is 9.87. The highest BCUT2D eigenvalue weighted by molar-refractivity contribution is 7.13. The van der Waals surface area contributed by atoms with E-state index >= 15 is 0 Å². The fourth-order valence-corrected chi connectivity index (χ4v) is 6.13. The minimum atomic E-state index is -0.128. The predicted octanol–water partition coefficient (Wildman–Crippen LogP) is 6.95. The summed E-state index contributed by atoms with van der Waals surface area (Å²) in [7, 11) is 0. The summed E-state index contributed by atoms with van der Waals surface area (Å²) in [5, 5.41) is 3.31. The predicted molar refractivity (Wildman–Crippen MR) is 131 cm³/mol. The lowest BCUT2D eigenvalue weighted by molar-refractivity contribution is 0.0905. The van der Waals surface area contributed by atoms with Crippen LogP contribution in [0.3, 0.4) is 0 Å². The molecule has 2 aromatic heterocycles. The topological polar surface area (TPSA) is 52.0 Å². The van der Waals surface area contributed by atoms with E-state index in [9.17, 15) is 9.59 Å². The Hall–Kier alpha value is -2.24. The van der Waals surface area contributed by atoms with Crippen LogP contribution in [0.25, 0.3) is 21.8 Å². The van der Waals surface area contributed by atoms with E-state index in [0.29, 0.717) is 27.6 Å². The van der Waals surface area contributed by atoms with Gasteiger partial charge in [-0.2, -0.15) is 0 Å². The SMILES string of the molecule is CC1(C)CC(=O)c2cc(-c3nc(-c4ccc(Cl)cc4)cs3)c(=O)n(C3CCCCC3)c2C1. The van der Waals surface area contributed by atoms with Crippen molar-refractivity contribution in [2.45, 2.75) is 64.8 Å². The van der Waals surface area contributed by atoms with Crippen molar-refractivity contribution in [3.8, 4) is 21.8 Å². The van der Waals surface area contributed by atoms with Crippen LogP contribution in [0, 0.1) is 5.41 Å². The molecule has 3 aromatic rings. The lowest BCUT2D eigenvalue weighted by atomic mass is 9.75. The van der Waals surface area contributed by atoms with Crippen molar-refractivity contribution < 1.29 is 4.79 Å². The number of halogens is 1. The molecule has 1 fully saturated rings. The highest BCUT2D eigenvalue weighted by atomic mass is 35.5. The van der Waals surface area contributed by atoms with Crippen LogP contribution in [0.2, 0.25) is 5.02 Å². The van der Waals surface area contributed by atoms with Crippen LogP contribution in [0.15, 0.2) is 40.5 Å². The lowest BCUT2D eigenvalue weighted by Crippen LogP contribution is -2.37. The van der Waals surface area contributed by atoms with Gasteiger partial charge in [-0.05, 0) is 42.9 Å². The van der Waals surface area contributed by atoms with Crippen LogP contribution in [-0.2, 0) is 6.42 Å². The van der Waals surface area contributed by atoms with E-state index in [1.54, 1.807) is 0 Å². The number of carbonyl (C=O) groups is 1. The zero-order valence-electron chi connectivity index (χ0n) is 18.5. The van der Waals surface area contributed by atoms with Crippen LogP contribution >= 0.6 is 22.9 Å². The average molecular weight is 467 g/mol. The monoisotopic (exact) mass is 466 g/mol. The number of hydrogen-bond donors (Lipinski definition) is 0. The number of benzene rings is 1. The minimum Gasteiger partial charge on any atom is -0.308 e. The van der Waals surface area contributed by atoms with Crippen LogP contribution in [0.5, 0.6) is 0 Å². The number of ketones is 1. The van der Waals surface area contributed by atoms with Gasteiger partial charge in [0.05, 0.1) is 11.3 Å². The molecule has 0 N–H and O–H groups in total. The first-order chi connectivity index (χ1) is 15.3. The summed E-state index contributed by atoms with van der Waals surface area (Å²) in [5.74, 6) is 0.136. The van der Waals surface area contributed by atoms with Crippen molar-refractivity contribution in [3.05, 3.63) is 62.3 Å². The summed E-state index contributed by atoms with van der Waals surface area (Å²) in [6.45, 7) is 4.24. The molecule has 0 spiro atoms. The second-order valence-corrected chi connectivity index (χ2v) is 11.2. The molecule has 2 aliphatic carbocycles. The number of Topliss-reactive ketones (excluding diaryl/α,β-unsaturated/α-hetero) is 1. The van der Waals surface area contributed by atoms with Gasteiger partial charge in [-0.15, -0.1) is 11.3 Å². The lowest BCUT2D eigenvalue weighted by Gasteiger charge is -2.35. The number of carbonyl (C=O) groups excluding carboxylic acids is 1. The molecule has 0 amide bonds. The average Bonchev–Trinajstić information content (AvgIpc) is 3.24. The van der Waals surface area contributed by atoms with E-state index in [4.69, 9.17) is 16.6 Å². The summed E-state index contributed by atoms with van der Waals surface area (Å²) in [6, 6.07) is 9.53. The van der Waals surface area contributed by atoms with Gasteiger partial charge in [-0.25, -0.2) is 4.98 Å². The first kappa shape index (κ1) is 21.6. The molecule has 0 bridgehead atoms. The third-order valence-electron chi connectivity index (χ3n) is 6.74. The molecule has 6 heteroatoms. The summed E-state index contributed by atoms with van der Waals surface area (Å²) < 4.78 is 1.98. The molecule has 2 aliphatic rings. The molecule has 2 heterocycles. The number of hydrogen-bond acceptors (Lipinski definition) is 4. The highest BCUT2D eigenvalue weighted by Gasteiger charge is 2.36. The quantitative estimate of drug-likeness (QED) is 0.419. The molecule has 0 unspecified atom stereocenters.